The molecule has 9 heteroatoms. The molecule has 0 radical (unpaired) electrons. The quantitative estimate of drug-likeness (QED) is 0.452. The average molecular weight is 370 g/mol. The van der Waals surface area contributed by atoms with Crippen molar-refractivity contribution in [1.82, 2.24) is 9.78 Å². The monoisotopic (exact) mass is 370 g/mol. The van der Waals surface area contributed by atoms with Gasteiger partial charge in [-0.15, -0.1) is 0 Å². The summed E-state index contributed by atoms with van der Waals surface area (Å²) in [6.45, 7) is -3.50. The lowest BCUT2D eigenvalue weighted by Crippen LogP contribution is -2.11. The first-order valence-electron chi connectivity index (χ1n) is 4.46. The van der Waals surface area contributed by atoms with Crippen LogP contribution in [0.15, 0.2) is 6.20 Å². The second kappa shape index (κ2) is 5.94. The zero-order valence-electron chi connectivity index (χ0n) is 8.35. The van der Waals surface area contributed by atoms with E-state index in [2.05, 4.69) is 5.10 Å². The highest BCUT2D eigenvalue weighted by Gasteiger charge is 2.26. The molecule has 0 amide bonds. The third-order valence-corrected chi connectivity index (χ3v) is 2.63. The summed E-state index contributed by atoms with van der Waals surface area (Å²) in [5.41, 5.74) is 0.202. The zero-order valence-corrected chi connectivity index (χ0v) is 10.5. The molecule has 1 heterocycles. The molecule has 1 aromatic rings. The average Bonchev–Trinajstić information content (AvgIpc) is 2.54. The summed E-state index contributed by atoms with van der Waals surface area (Å²) >= 11 is 1.76. The van der Waals surface area contributed by atoms with E-state index in [0.717, 1.165) is 6.20 Å². The van der Waals surface area contributed by atoms with E-state index >= 15 is 0 Å². The molecule has 0 aliphatic rings. The van der Waals surface area contributed by atoms with Crippen LogP contribution in [0.2, 0.25) is 0 Å². The molecule has 0 N–H and O–H groups in total. The molecule has 3 nitrogen and oxygen atoms in total. The SMILES string of the molecule is FC(F)n1cc(I)c(COCCC(F)(F)F)n1. The standard InChI is InChI=1S/C8H8F5IN2O/c9-7(10)16-3-5(14)6(15-16)4-17-2-1-8(11,12)13/h3,7H,1-2,4H2. The van der Waals surface area contributed by atoms with Gasteiger partial charge in [0.2, 0.25) is 0 Å². The fraction of sp³-hybridized carbons (Fsp3) is 0.625. The van der Waals surface area contributed by atoms with E-state index in [1.54, 1.807) is 22.6 Å². The predicted molar refractivity (Wildman–Crippen MR) is 56.5 cm³/mol. The van der Waals surface area contributed by atoms with Crippen molar-refractivity contribution in [2.45, 2.75) is 25.8 Å². The van der Waals surface area contributed by atoms with Gasteiger partial charge in [0, 0.05) is 6.20 Å². The number of alkyl halides is 5. The van der Waals surface area contributed by atoms with Crippen molar-refractivity contribution in [3.8, 4) is 0 Å². The Balaban J connectivity index is 2.42. The molecule has 17 heavy (non-hydrogen) atoms. The van der Waals surface area contributed by atoms with Gasteiger partial charge in [-0.1, -0.05) is 0 Å². The van der Waals surface area contributed by atoms with Crippen LogP contribution in [0.3, 0.4) is 0 Å². The van der Waals surface area contributed by atoms with Crippen molar-refractivity contribution in [3.63, 3.8) is 0 Å². The Morgan fingerprint density at radius 1 is 1.41 bits per heavy atom. The van der Waals surface area contributed by atoms with E-state index in [1.165, 1.54) is 0 Å². The van der Waals surface area contributed by atoms with Crippen LogP contribution in [-0.2, 0) is 11.3 Å². The van der Waals surface area contributed by atoms with Gasteiger partial charge in [-0.25, -0.2) is 4.68 Å². The van der Waals surface area contributed by atoms with Crippen LogP contribution in [0.1, 0.15) is 18.7 Å². The fourth-order valence-electron chi connectivity index (χ4n) is 0.961. The van der Waals surface area contributed by atoms with Crippen molar-refractivity contribution < 1.29 is 26.7 Å². The second-order valence-corrected chi connectivity index (χ2v) is 4.26. The molecule has 98 valence electrons. The van der Waals surface area contributed by atoms with E-state index in [4.69, 9.17) is 4.74 Å². The third kappa shape index (κ3) is 5.15. The molecule has 0 aliphatic heterocycles. The van der Waals surface area contributed by atoms with Gasteiger partial charge >= 0.3 is 12.7 Å². The minimum absolute atomic E-state index is 0.202. The minimum atomic E-state index is -4.28. The summed E-state index contributed by atoms with van der Waals surface area (Å²) in [5, 5.41) is 3.50. The molecule has 0 aromatic carbocycles. The summed E-state index contributed by atoms with van der Waals surface area (Å²) in [5.74, 6) is 0. The Labute approximate surface area is 107 Å². The Bertz CT molecular complexity index is 365. The van der Waals surface area contributed by atoms with E-state index in [9.17, 15) is 22.0 Å². The molecular formula is C8H8F5IN2O. The van der Waals surface area contributed by atoms with Crippen LogP contribution < -0.4 is 0 Å². The third-order valence-electron chi connectivity index (χ3n) is 1.73. The second-order valence-electron chi connectivity index (χ2n) is 3.10. The van der Waals surface area contributed by atoms with Crippen LogP contribution in [-0.4, -0.2) is 22.6 Å². The van der Waals surface area contributed by atoms with Crippen molar-refractivity contribution in [1.29, 1.82) is 0 Å². The molecule has 1 rings (SSSR count). The van der Waals surface area contributed by atoms with Crippen LogP contribution in [0.25, 0.3) is 0 Å². The molecule has 0 unspecified atom stereocenters. The maximum Gasteiger partial charge on any atom is 0.391 e. The molecule has 0 saturated heterocycles. The highest BCUT2D eigenvalue weighted by molar-refractivity contribution is 14.1. The first kappa shape index (κ1) is 14.6. The molecule has 0 bridgehead atoms. The minimum Gasteiger partial charge on any atom is -0.375 e. The molecular weight excluding hydrogens is 362 g/mol. The zero-order chi connectivity index (χ0) is 13.1. The topological polar surface area (TPSA) is 27.1 Å². The highest BCUT2D eigenvalue weighted by atomic mass is 127. The van der Waals surface area contributed by atoms with Gasteiger partial charge in [-0.2, -0.15) is 27.1 Å². The Morgan fingerprint density at radius 2 is 2.06 bits per heavy atom. The van der Waals surface area contributed by atoms with Crippen molar-refractivity contribution >= 4 is 22.6 Å². The van der Waals surface area contributed by atoms with Gasteiger partial charge < -0.3 is 4.74 Å². The number of aromatic nitrogens is 2. The number of ether oxygens (including phenoxy) is 1. The van der Waals surface area contributed by atoms with Crippen LogP contribution in [0.5, 0.6) is 0 Å². The summed E-state index contributed by atoms with van der Waals surface area (Å²) in [7, 11) is 0. The predicted octanol–water partition coefficient (Wildman–Crippen LogP) is 3.35. The molecule has 0 saturated carbocycles. The molecule has 1 aromatic heterocycles. The van der Waals surface area contributed by atoms with Gasteiger partial charge in [0.25, 0.3) is 0 Å². The summed E-state index contributed by atoms with van der Waals surface area (Å²) in [6, 6.07) is 0. The summed E-state index contributed by atoms with van der Waals surface area (Å²) < 4.78 is 65.3. The number of nitrogens with zero attached hydrogens (tertiary/aromatic N) is 2. The smallest absolute Gasteiger partial charge is 0.375 e. The normalized spacial score (nSPS) is 12.4. The van der Waals surface area contributed by atoms with Gasteiger partial charge in [0.05, 0.1) is 23.2 Å². The lowest BCUT2D eigenvalue weighted by molar-refractivity contribution is -0.146. The Kier molecular flexibility index (Phi) is 5.10. The van der Waals surface area contributed by atoms with Gasteiger partial charge in [0.15, 0.2) is 0 Å². The Hall–Kier alpha value is -0.450. The van der Waals surface area contributed by atoms with Gasteiger partial charge in [0.1, 0.15) is 5.69 Å². The number of hydrogen-bond acceptors (Lipinski definition) is 2. The van der Waals surface area contributed by atoms with Crippen molar-refractivity contribution in [2.24, 2.45) is 0 Å². The first-order valence-corrected chi connectivity index (χ1v) is 5.53. The summed E-state index contributed by atoms with van der Waals surface area (Å²) in [4.78, 5) is 0. The first-order chi connectivity index (χ1) is 7.79. The molecule has 0 spiro atoms. The van der Waals surface area contributed by atoms with Crippen LogP contribution >= 0.6 is 22.6 Å². The van der Waals surface area contributed by atoms with Crippen molar-refractivity contribution in [2.75, 3.05) is 6.61 Å². The number of rotatable bonds is 5. The van der Waals surface area contributed by atoms with Crippen molar-refractivity contribution in [3.05, 3.63) is 15.5 Å². The maximum atomic E-state index is 12.2. The largest absolute Gasteiger partial charge is 0.391 e. The van der Waals surface area contributed by atoms with Gasteiger partial charge in [-0.3, -0.25) is 0 Å². The number of hydrogen-bond donors (Lipinski definition) is 0. The number of halogens is 6. The van der Waals surface area contributed by atoms with E-state index in [1.807, 2.05) is 0 Å². The van der Waals surface area contributed by atoms with Crippen LogP contribution in [0, 0.1) is 3.57 Å². The van der Waals surface area contributed by atoms with E-state index in [-0.39, 0.29) is 12.3 Å². The lowest BCUT2D eigenvalue weighted by atomic mass is 10.4. The maximum absolute atomic E-state index is 12.2. The highest BCUT2D eigenvalue weighted by Crippen LogP contribution is 2.20. The fourth-order valence-corrected chi connectivity index (χ4v) is 1.51. The Morgan fingerprint density at radius 3 is 2.53 bits per heavy atom. The molecule has 0 aliphatic carbocycles. The molecule has 0 atom stereocenters. The summed E-state index contributed by atoms with van der Waals surface area (Å²) in [6.07, 6.45) is -4.25. The van der Waals surface area contributed by atoms with E-state index in [0.29, 0.717) is 8.25 Å². The molecule has 0 fully saturated rings. The van der Waals surface area contributed by atoms with E-state index < -0.39 is 25.8 Å². The van der Waals surface area contributed by atoms with Crippen LogP contribution in [0.4, 0.5) is 22.0 Å². The van der Waals surface area contributed by atoms with Gasteiger partial charge in [-0.05, 0) is 22.6 Å². The lowest BCUT2D eigenvalue weighted by Gasteiger charge is -2.06.